The van der Waals surface area contributed by atoms with Crippen molar-refractivity contribution in [2.24, 2.45) is 0 Å². The lowest BCUT2D eigenvalue weighted by Crippen LogP contribution is -2.46. The Bertz CT molecular complexity index is 508. The molecule has 11 heteroatoms. The van der Waals surface area contributed by atoms with E-state index < -0.39 is 34.0 Å². The highest BCUT2D eigenvalue weighted by molar-refractivity contribution is 7.60. The molecule has 30 heavy (non-hydrogen) atoms. The van der Waals surface area contributed by atoms with E-state index in [0.29, 0.717) is 12.8 Å². The number of hydrogen-bond donors (Lipinski definition) is 5. The van der Waals surface area contributed by atoms with E-state index in [1.54, 1.807) is 0 Å². The first-order valence-corrected chi connectivity index (χ1v) is 14.1. The third-order valence-electron chi connectivity index (χ3n) is 5.19. The lowest BCUT2D eigenvalue weighted by atomic mass is 9.85. The molecular weight excluding hydrogens is 434 g/mol. The van der Waals surface area contributed by atoms with Crippen LogP contribution in [0.1, 0.15) is 104 Å². The first-order chi connectivity index (χ1) is 14.0. The van der Waals surface area contributed by atoms with E-state index in [-0.39, 0.29) is 12.8 Å². The van der Waals surface area contributed by atoms with Crippen molar-refractivity contribution in [3.63, 3.8) is 0 Å². The van der Waals surface area contributed by atoms with Gasteiger partial charge in [-0.05, 0) is 12.8 Å². The van der Waals surface area contributed by atoms with E-state index in [1.165, 1.54) is 0 Å². The standard InChI is InChI=1S/C19H42O9P2/c1-3-5-7-9-11-13-15-19(18(21)17-20,16-14-12-10-8-6-4-2)27-30(25,26)28-29(22,23)24/h18,20-21H,3-17H2,1-2H3,(H,25,26)(H2,22,23,24). The van der Waals surface area contributed by atoms with E-state index in [0.717, 1.165) is 64.2 Å². The number of aliphatic hydroxyl groups excluding tert-OH is 2. The van der Waals surface area contributed by atoms with Gasteiger partial charge in [0.2, 0.25) is 0 Å². The largest absolute Gasteiger partial charge is 0.481 e. The maximum absolute atomic E-state index is 12.2. The Morgan fingerprint density at radius 2 is 1.17 bits per heavy atom. The van der Waals surface area contributed by atoms with Crippen LogP contribution in [0.5, 0.6) is 0 Å². The van der Waals surface area contributed by atoms with E-state index in [1.807, 2.05) is 0 Å². The maximum Gasteiger partial charge on any atom is 0.481 e. The average molecular weight is 476 g/mol. The van der Waals surface area contributed by atoms with Gasteiger partial charge in [-0.1, -0.05) is 90.9 Å². The summed E-state index contributed by atoms with van der Waals surface area (Å²) in [5.41, 5.74) is -1.62. The van der Waals surface area contributed by atoms with Gasteiger partial charge >= 0.3 is 15.6 Å². The molecule has 9 nitrogen and oxygen atoms in total. The van der Waals surface area contributed by atoms with Crippen LogP contribution in [0.15, 0.2) is 0 Å². The van der Waals surface area contributed by atoms with E-state index in [9.17, 15) is 24.2 Å². The highest BCUT2D eigenvalue weighted by Gasteiger charge is 2.46. The number of aliphatic hydroxyl groups is 2. The van der Waals surface area contributed by atoms with Crippen molar-refractivity contribution in [3.8, 4) is 0 Å². The minimum Gasteiger partial charge on any atom is -0.394 e. The molecule has 0 aliphatic rings. The van der Waals surface area contributed by atoms with Crippen LogP contribution in [-0.2, 0) is 18.0 Å². The zero-order valence-electron chi connectivity index (χ0n) is 18.4. The van der Waals surface area contributed by atoms with Crippen molar-refractivity contribution in [1.29, 1.82) is 0 Å². The van der Waals surface area contributed by atoms with Gasteiger partial charge in [-0.25, -0.2) is 9.13 Å². The monoisotopic (exact) mass is 476 g/mol. The zero-order chi connectivity index (χ0) is 23.1. The molecule has 0 bridgehead atoms. The molecule has 0 saturated heterocycles. The van der Waals surface area contributed by atoms with Gasteiger partial charge < -0.3 is 24.9 Å². The summed E-state index contributed by atoms with van der Waals surface area (Å²) in [6.07, 6.45) is 10.1. The first kappa shape index (κ1) is 30.2. The molecule has 0 fully saturated rings. The second kappa shape index (κ2) is 15.9. The highest BCUT2D eigenvalue weighted by atomic mass is 31.3. The van der Waals surface area contributed by atoms with Gasteiger partial charge in [0.05, 0.1) is 6.61 Å². The fourth-order valence-corrected chi connectivity index (χ4v) is 5.54. The van der Waals surface area contributed by atoms with Gasteiger partial charge in [-0.15, -0.1) is 0 Å². The van der Waals surface area contributed by atoms with E-state index >= 15 is 0 Å². The van der Waals surface area contributed by atoms with Gasteiger partial charge in [-0.2, -0.15) is 4.31 Å². The van der Waals surface area contributed by atoms with Gasteiger partial charge in [0.15, 0.2) is 0 Å². The lowest BCUT2D eigenvalue weighted by molar-refractivity contribution is -0.0995. The number of rotatable bonds is 20. The topological polar surface area (TPSA) is 154 Å². The molecular formula is C19H42O9P2. The van der Waals surface area contributed by atoms with Gasteiger partial charge in [0.25, 0.3) is 0 Å². The van der Waals surface area contributed by atoms with Crippen LogP contribution in [0.4, 0.5) is 0 Å². The van der Waals surface area contributed by atoms with Crippen LogP contribution < -0.4 is 0 Å². The van der Waals surface area contributed by atoms with E-state index in [2.05, 4.69) is 18.2 Å². The molecule has 0 radical (unpaired) electrons. The van der Waals surface area contributed by atoms with Crippen molar-refractivity contribution in [2.45, 2.75) is 115 Å². The lowest BCUT2D eigenvalue weighted by Gasteiger charge is -2.38. The molecule has 2 unspecified atom stereocenters. The summed E-state index contributed by atoms with van der Waals surface area (Å²) in [6, 6.07) is 0. The highest BCUT2D eigenvalue weighted by Crippen LogP contribution is 2.60. The second-order valence-corrected chi connectivity index (χ2v) is 10.7. The van der Waals surface area contributed by atoms with Crippen molar-refractivity contribution < 1.29 is 42.9 Å². The average Bonchev–Trinajstić information content (AvgIpc) is 2.64. The number of hydrogen-bond acceptors (Lipinski definition) is 6. The summed E-state index contributed by atoms with van der Waals surface area (Å²) in [5.74, 6) is 0. The number of phosphoric ester groups is 1. The molecule has 0 amide bonds. The minimum atomic E-state index is -5.28. The van der Waals surface area contributed by atoms with Gasteiger partial charge in [0.1, 0.15) is 11.7 Å². The smallest absolute Gasteiger partial charge is 0.394 e. The summed E-state index contributed by atoms with van der Waals surface area (Å²) in [5, 5.41) is 20.0. The SMILES string of the molecule is CCCCCCCCC(CCCCCCCC)(OP(=O)(O)OP(=O)(O)O)C(O)CO. The van der Waals surface area contributed by atoms with Crippen LogP contribution in [0.25, 0.3) is 0 Å². The number of phosphoric acid groups is 2. The Morgan fingerprint density at radius 3 is 1.53 bits per heavy atom. The maximum atomic E-state index is 12.2. The first-order valence-electron chi connectivity index (χ1n) is 11.1. The predicted molar refractivity (Wildman–Crippen MR) is 116 cm³/mol. The van der Waals surface area contributed by atoms with Crippen LogP contribution in [-0.4, -0.2) is 43.2 Å². The molecule has 0 aromatic carbocycles. The summed E-state index contributed by atoms with van der Waals surface area (Å²) in [4.78, 5) is 27.7. The molecule has 0 spiro atoms. The molecule has 182 valence electrons. The quantitative estimate of drug-likeness (QED) is 0.123. The predicted octanol–water partition coefficient (Wildman–Crippen LogP) is 4.81. The van der Waals surface area contributed by atoms with E-state index in [4.69, 9.17) is 14.3 Å². The molecule has 0 aromatic rings. The van der Waals surface area contributed by atoms with Crippen molar-refractivity contribution >= 4 is 15.6 Å². The molecule has 0 aliphatic carbocycles. The number of unbranched alkanes of at least 4 members (excludes halogenated alkanes) is 10. The van der Waals surface area contributed by atoms with Crippen LogP contribution in [0.3, 0.4) is 0 Å². The molecule has 0 saturated carbocycles. The fourth-order valence-electron chi connectivity index (χ4n) is 3.57. The molecule has 5 N–H and O–H groups in total. The Kier molecular flexibility index (Phi) is 16.0. The fraction of sp³-hybridized carbons (Fsp3) is 1.00. The zero-order valence-corrected chi connectivity index (χ0v) is 20.2. The molecule has 2 atom stereocenters. The second-order valence-electron chi connectivity index (χ2n) is 7.93. The third kappa shape index (κ3) is 14.3. The third-order valence-corrected chi connectivity index (χ3v) is 7.46. The Balaban J connectivity index is 5.23. The Labute approximate surface area is 181 Å². The molecule has 0 aromatic heterocycles. The summed E-state index contributed by atoms with van der Waals surface area (Å²) in [6.45, 7) is 3.51. The summed E-state index contributed by atoms with van der Waals surface area (Å²) >= 11 is 0. The Hall–Kier alpha value is 0.180. The molecule has 0 aliphatic heterocycles. The van der Waals surface area contributed by atoms with Gasteiger partial charge in [-0.3, -0.25) is 4.52 Å². The van der Waals surface area contributed by atoms with Crippen LogP contribution >= 0.6 is 15.6 Å². The van der Waals surface area contributed by atoms with Crippen LogP contribution in [0.2, 0.25) is 0 Å². The summed E-state index contributed by atoms with van der Waals surface area (Å²) in [7, 11) is -10.5. The van der Waals surface area contributed by atoms with Crippen LogP contribution in [0, 0.1) is 0 Å². The van der Waals surface area contributed by atoms with Crippen molar-refractivity contribution in [1.82, 2.24) is 0 Å². The normalized spacial score (nSPS) is 15.8. The molecule has 0 rings (SSSR count). The summed E-state index contributed by atoms with van der Waals surface area (Å²) < 4.78 is 32.4. The minimum absolute atomic E-state index is 0.172. The molecule has 0 heterocycles. The van der Waals surface area contributed by atoms with Crippen molar-refractivity contribution in [2.75, 3.05) is 6.61 Å². The Morgan fingerprint density at radius 1 is 0.767 bits per heavy atom. The van der Waals surface area contributed by atoms with Gasteiger partial charge in [0, 0.05) is 0 Å². The van der Waals surface area contributed by atoms with Crippen molar-refractivity contribution in [3.05, 3.63) is 0 Å².